The molecule has 0 unspecified atom stereocenters. The molecule has 2 N–H and O–H groups in total. The molecular formula is C12H10N2O4. The first-order valence-corrected chi connectivity index (χ1v) is 5.15. The summed E-state index contributed by atoms with van der Waals surface area (Å²) in [6.45, 7) is 0.341. The van der Waals surface area contributed by atoms with Gasteiger partial charge in [0.05, 0.1) is 11.1 Å². The van der Waals surface area contributed by atoms with Crippen LogP contribution in [0.3, 0.4) is 0 Å². The van der Waals surface area contributed by atoms with Crippen LogP contribution in [0.4, 0.5) is 5.82 Å². The topological polar surface area (TPSA) is 90.7 Å². The van der Waals surface area contributed by atoms with Crippen LogP contribution in [-0.2, 0) is 4.79 Å². The zero-order chi connectivity index (χ0) is 13.1. The van der Waals surface area contributed by atoms with E-state index in [0.29, 0.717) is 12.4 Å². The van der Waals surface area contributed by atoms with E-state index in [0.717, 1.165) is 0 Å². The molecule has 0 fully saturated rings. The maximum absolute atomic E-state index is 10.8. The molecule has 0 bridgehead atoms. The Morgan fingerprint density at radius 2 is 2.06 bits per heavy atom. The Morgan fingerprint density at radius 3 is 2.61 bits per heavy atom. The summed E-state index contributed by atoms with van der Waals surface area (Å²) in [5, 5.41) is 17.6. The van der Waals surface area contributed by atoms with Gasteiger partial charge < -0.3 is 15.1 Å². The molecule has 0 aromatic carbocycles. The quantitative estimate of drug-likeness (QED) is 0.830. The van der Waals surface area contributed by atoms with Gasteiger partial charge in [0.1, 0.15) is 5.82 Å². The molecule has 1 aromatic rings. The van der Waals surface area contributed by atoms with Crippen molar-refractivity contribution in [2.75, 3.05) is 11.4 Å². The van der Waals surface area contributed by atoms with E-state index in [9.17, 15) is 9.59 Å². The standard InChI is InChI=1S/C12H10N2O4/c15-11(16)8-2-5-14(6-3-8)10-7-9(12(17)18)1-4-13-10/h1-5,7H,6H2,(H,15,16)(H,17,18). The van der Waals surface area contributed by atoms with E-state index in [4.69, 9.17) is 10.2 Å². The Bertz CT molecular complexity index is 563. The number of carboxylic acids is 2. The van der Waals surface area contributed by atoms with Crippen molar-refractivity contribution in [3.8, 4) is 0 Å². The molecule has 0 spiro atoms. The van der Waals surface area contributed by atoms with E-state index in [1.165, 1.54) is 30.5 Å². The Hall–Kier alpha value is -2.63. The van der Waals surface area contributed by atoms with E-state index in [1.807, 2.05) is 0 Å². The molecule has 0 saturated heterocycles. The third-order valence-corrected chi connectivity index (χ3v) is 2.48. The number of anilines is 1. The number of carboxylic acid groups (broad SMARTS) is 2. The fraction of sp³-hybridized carbons (Fsp3) is 0.0833. The predicted molar refractivity (Wildman–Crippen MR) is 63.4 cm³/mol. The second-order valence-corrected chi connectivity index (χ2v) is 3.64. The highest BCUT2D eigenvalue weighted by Gasteiger charge is 2.13. The fourth-order valence-electron chi connectivity index (χ4n) is 1.53. The normalized spacial score (nSPS) is 14.2. The molecule has 6 heteroatoms. The number of aromatic nitrogens is 1. The summed E-state index contributed by atoms with van der Waals surface area (Å²) in [6, 6.07) is 2.84. The van der Waals surface area contributed by atoms with Gasteiger partial charge in [-0.2, -0.15) is 0 Å². The van der Waals surface area contributed by atoms with Crippen molar-refractivity contribution in [3.05, 3.63) is 47.8 Å². The molecule has 92 valence electrons. The molecule has 1 aromatic heterocycles. The predicted octanol–water partition coefficient (Wildman–Crippen LogP) is 1.12. The molecule has 6 nitrogen and oxygen atoms in total. The molecule has 18 heavy (non-hydrogen) atoms. The molecule has 2 heterocycles. The van der Waals surface area contributed by atoms with Crippen LogP contribution in [0.25, 0.3) is 0 Å². The van der Waals surface area contributed by atoms with Crippen molar-refractivity contribution in [1.82, 2.24) is 4.98 Å². The third kappa shape index (κ3) is 2.37. The molecule has 1 aliphatic heterocycles. The molecule has 0 saturated carbocycles. The Morgan fingerprint density at radius 1 is 1.28 bits per heavy atom. The SMILES string of the molecule is O=C(O)C1=CCN(c2cc(C(=O)O)ccn2)C=C1. The van der Waals surface area contributed by atoms with Gasteiger partial charge in [-0.15, -0.1) is 0 Å². The average Bonchev–Trinajstić information content (AvgIpc) is 2.39. The van der Waals surface area contributed by atoms with E-state index >= 15 is 0 Å². The maximum atomic E-state index is 10.8. The number of pyridine rings is 1. The highest BCUT2D eigenvalue weighted by Crippen LogP contribution is 2.17. The number of aromatic carboxylic acids is 1. The molecule has 0 radical (unpaired) electrons. The van der Waals surface area contributed by atoms with Gasteiger partial charge >= 0.3 is 11.9 Å². The van der Waals surface area contributed by atoms with Gasteiger partial charge in [0.25, 0.3) is 0 Å². The van der Waals surface area contributed by atoms with Gasteiger partial charge in [-0.3, -0.25) is 0 Å². The van der Waals surface area contributed by atoms with Gasteiger partial charge in [-0.25, -0.2) is 14.6 Å². The van der Waals surface area contributed by atoms with Gasteiger partial charge in [0, 0.05) is 18.9 Å². The average molecular weight is 246 g/mol. The number of hydrogen-bond donors (Lipinski definition) is 2. The lowest BCUT2D eigenvalue weighted by Gasteiger charge is -2.20. The van der Waals surface area contributed by atoms with Gasteiger partial charge in [0.2, 0.25) is 0 Å². The molecule has 2 rings (SSSR count). The highest BCUT2D eigenvalue weighted by molar-refractivity contribution is 5.91. The molecule has 0 atom stereocenters. The highest BCUT2D eigenvalue weighted by atomic mass is 16.4. The summed E-state index contributed by atoms with van der Waals surface area (Å²) < 4.78 is 0. The lowest BCUT2D eigenvalue weighted by atomic mass is 10.2. The number of hydrogen-bond acceptors (Lipinski definition) is 4. The van der Waals surface area contributed by atoms with Gasteiger partial charge in [0.15, 0.2) is 0 Å². The number of rotatable bonds is 3. The van der Waals surface area contributed by atoms with Crippen molar-refractivity contribution in [2.24, 2.45) is 0 Å². The molecular weight excluding hydrogens is 236 g/mol. The van der Waals surface area contributed by atoms with Gasteiger partial charge in [-0.05, 0) is 18.2 Å². The van der Waals surface area contributed by atoms with Crippen LogP contribution < -0.4 is 4.90 Å². The summed E-state index contributed by atoms with van der Waals surface area (Å²) in [7, 11) is 0. The number of aliphatic carboxylic acids is 1. The monoisotopic (exact) mass is 246 g/mol. The van der Waals surface area contributed by atoms with Crippen LogP contribution in [0.1, 0.15) is 10.4 Å². The van der Waals surface area contributed by atoms with Crippen LogP contribution in [0.15, 0.2) is 42.3 Å². The lowest BCUT2D eigenvalue weighted by molar-refractivity contribution is -0.132. The van der Waals surface area contributed by atoms with E-state index in [-0.39, 0.29) is 11.1 Å². The summed E-state index contributed by atoms with van der Waals surface area (Å²) >= 11 is 0. The minimum atomic E-state index is -1.03. The Kier molecular flexibility index (Phi) is 3.09. The minimum absolute atomic E-state index is 0.140. The third-order valence-electron chi connectivity index (χ3n) is 2.48. The Labute approximate surface area is 102 Å². The van der Waals surface area contributed by atoms with Crippen LogP contribution in [0.2, 0.25) is 0 Å². The van der Waals surface area contributed by atoms with Gasteiger partial charge in [-0.1, -0.05) is 6.08 Å². The van der Waals surface area contributed by atoms with Crippen molar-refractivity contribution in [3.63, 3.8) is 0 Å². The zero-order valence-corrected chi connectivity index (χ0v) is 9.28. The second kappa shape index (κ2) is 4.70. The van der Waals surface area contributed by atoms with Crippen LogP contribution in [0.5, 0.6) is 0 Å². The first kappa shape index (κ1) is 11.8. The van der Waals surface area contributed by atoms with E-state index < -0.39 is 11.9 Å². The van der Waals surface area contributed by atoms with Crippen LogP contribution >= 0.6 is 0 Å². The lowest BCUT2D eigenvalue weighted by Crippen LogP contribution is -2.21. The van der Waals surface area contributed by atoms with E-state index in [1.54, 1.807) is 11.1 Å². The second-order valence-electron chi connectivity index (χ2n) is 3.64. The van der Waals surface area contributed by atoms with Crippen molar-refractivity contribution >= 4 is 17.8 Å². The zero-order valence-electron chi connectivity index (χ0n) is 9.28. The van der Waals surface area contributed by atoms with Crippen molar-refractivity contribution < 1.29 is 19.8 Å². The first-order valence-electron chi connectivity index (χ1n) is 5.15. The number of carbonyl (C=O) groups is 2. The molecule has 0 amide bonds. The summed E-state index contributed by atoms with van der Waals surface area (Å²) in [4.78, 5) is 27.2. The fourth-order valence-corrected chi connectivity index (χ4v) is 1.53. The van der Waals surface area contributed by atoms with E-state index in [2.05, 4.69) is 4.98 Å². The Balaban J connectivity index is 2.20. The summed E-state index contributed by atoms with van der Waals surface area (Å²) in [6.07, 6.45) is 5.96. The smallest absolute Gasteiger partial charge is 0.335 e. The van der Waals surface area contributed by atoms with Crippen molar-refractivity contribution in [1.29, 1.82) is 0 Å². The number of nitrogens with zero attached hydrogens (tertiary/aromatic N) is 2. The minimum Gasteiger partial charge on any atom is -0.478 e. The largest absolute Gasteiger partial charge is 0.478 e. The van der Waals surface area contributed by atoms with Crippen LogP contribution in [0, 0.1) is 0 Å². The van der Waals surface area contributed by atoms with Crippen molar-refractivity contribution in [2.45, 2.75) is 0 Å². The summed E-state index contributed by atoms with van der Waals surface area (Å²) in [5.41, 5.74) is 0.349. The van der Waals surface area contributed by atoms with Crippen LogP contribution in [-0.4, -0.2) is 33.7 Å². The molecule has 0 aliphatic carbocycles. The molecule has 1 aliphatic rings. The maximum Gasteiger partial charge on any atom is 0.335 e. The first-order chi connectivity index (χ1) is 8.58. The summed E-state index contributed by atoms with van der Waals surface area (Å²) in [5.74, 6) is -1.55.